The van der Waals surface area contributed by atoms with Gasteiger partial charge in [0.2, 0.25) is 5.91 Å². The summed E-state index contributed by atoms with van der Waals surface area (Å²) in [6, 6.07) is 5.91. The number of furan rings is 1. The van der Waals surface area contributed by atoms with Crippen molar-refractivity contribution in [3.05, 3.63) is 34.7 Å². The van der Waals surface area contributed by atoms with Crippen LogP contribution >= 0.6 is 23.1 Å². The van der Waals surface area contributed by atoms with Gasteiger partial charge < -0.3 is 9.73 Å². The topological polar surface area (TPSA) is 42.2 Å². The Balaban J connectivity index is 1.43. The Morgan fingerprint density at radius 1 is 1.43 bits per heavy atom. The fraction of sp³-hybridized carbons (Fsp3) is 0.438. The molecule has 3 rings (SSSR count). The largest absolute Gasteiger partial charge is 0.464 e. The van der Waals surface area contributed by atoms with Gasteiger partial charge in [0.1, 0.15) is 5.76 Å². The molecule has 0 bridgehead atoms. The van der Waals surface area contributed by atoms with E-state index in [9.17, 15) is 4.79 Å². The van der Waals surface area contributed by atoms with Crippen LogP contribution in [-0.2, 0) is 11.3 Å². The summed E-state index contributed by atoms with van der Waals surface area (Å²) in [4.78, 5) is 13.0. The minimum absolute atomic E-state index is 0.139. The summed E-state index contributed by atoms with van der Waals surface area (Å²) in [5, 5.41) is 5.76. The van der Waals surface area contributed by atoms with Gasteiger partial charge in [-0.3, -0.25) is 4.79 Å². The van der Waals surface area contributed by atoms with E-state index in [-0.39, 0.29) is 5.91 Å². The molecular weight excluding hydrogens is 302 g/mol. The van der Waals surface area contributed by atoms with Crippen molar-refractivity contribution in [3.63, 3.8) is 0 Å². The van der Waals surface area contributed by atoms with E-state index in [0.717, 1.165) is 16.2 Å². The third-order valence-corrected chi connectivity index (χ3v) is 5.98. The van der Waals surface area contributed by atoms with E-state index in [0.29, 0.717) is 17.5 Å². The lowest BCUT2D eigenvalue weighted by atomic mass is 10.2. The molecule has 1 fully saturated rings. The molecule has 1 aliphatic rings. The third-order valence-electron chi connectivity index (χ3n) is 3.67. The van der Waals surface area contributed by atoms with Crippen molar-refractivity contribution in [2.45, 2.75) is 37.5 Å². The fourth-order valence-corrected chi connectivity index (χ4v) is 4.50. The highest BCUT2D eigenvalue weighted by Gasteiger charge is 2.16. The highest BCUT2D eigenvalue weighted by Crippen LogP contribution is 2.29. The quantitative estimate of drug-likeness (QED) is 0.862. The summed E-state index contributed by atoms with van der Waals surface area (Å²) >= 11 is 3.46. The highest BCUT2D eigenvalue weighted by atomic mass is 32.2. The Labute approximate surface area is 133 Å². The Hall–Kier alpha value is -1.20. The summed E-state index contributed by atoms with van der Waals surface area (Å²) in [6.07, 6.45) is 6.87. The predicted molar refractivity (Wildman–Crippen MR) is 88.6 cm³/mol. The van der Waals surface area contributed by atoms with Gasteiger partial charge in [-0.2, -0.15) is 0 Å². The van der Waals surface area contributed by atoms with E-state index in [1.54, 1.807) is 29.4 Å². The molecule has 2 aromatic rings. The van der Waals surface area contributed by atoms with Crippen molar-refractivity contribution in [1.29, 1.82) is 0 Å². The first kappa shape index (κ1) is 14.7. The number of carbonyl (C=O) groups excluding carboxylic acids is 1. The van der Waals surface area contributed by atoms with Crippen LogP contribution in [0.2, 0.25) is 0 Å². The zero-order valence-electron chi connectivity index (χ0n) is 11.8. The van der Waals surface area contributed by atoms with Crippen molar-refractivity contribution >= 4 is 29.0 Å². The summed E-state index contributed by atoms with van der Waals surface area (Å²) in [6.45, 7) is 0.607. The maximum Gasteiger partial charge on any atom is 0.230 e. The zero-order chi connectivity index (χ0) is 14.5. The smallest absolute Gasteiger partial charge is 0.230 e. The van der Waals surface area contributed by atoms with Crippen LogP contribution in [-0.4, -0.2) is 16.9 Å². The number of carbonyl (C=O) groups is 1. The molecule has 0 spiro atoms. The summed E-state index contributed by atoms with van der Waals surface area (Å²) in [5.74, 6) is 1.60. The monoisotopic (exact) mass is 321 g/mol. The van der Waals surface area contributed by atoms with Crippen LogP contribution in [0.4, 0.5) is 0 Å². The molecule has 2 heterocycles. The second-order valence-corrected chi connectivity index (χ2v) is 7.56. The zero-order valence-corrected chi connectivity index (χ0v) is 13.5. The first-order valence-corrected chi connectivity index (χ1v) is 9.24. The van der Waals surface area contributed by atoms with Crippen LogP contribution in [0.15, 0.2) is 34.3 Å². The second kappa shape index (κ2) is 7.18. The molecule has 1 amide bonds. The second-order valence-electron chi connectivity index (χ2n) is 5.27. The van der Waals surface area contributed by atoms with Gasteiger partial charge in [0.15, 0.2) is 0 Å². The van der Waals surface area contributed by atoms with E-state index in [1.807, 2.05) is 12.1 Å². The van der Waals surface area contributed by atoms with Crippen molar-refractivity contribution in [3.8, 4) is 11.3 Å². The Morgan fingerprint density at radius 3 is 3.05 bits per heavy atom. The highest BCUT2D eigenvalue weighted by molar-refractivity contribution is 8.00. The Morgan fingerprint density at radius 2 is 2.29 bits per heavy atom. The Kier molecular flexibility index (Phi) is 5.04. The van der Waals surface area contributed by atoms with Gasteiger partial charge in [0.05, 0.1) is 18.6 Å². The molecule has 0 saturated heterocycles. The molecule has 112 valence electrons. The van der Waals surface area contributed by atoms with Gasteiger partial charge in [-0.05, 0) is 31.0 Å². The molecule has 1 N–H and O–H groups in total. The average molecular weight is 321 g/mol. The SMILES string of the molecule is O=C(CSC1CCCC1)NCc1cc(-c2ccco2)cs1. The molecule has 2 aromatic heterocycles. The summed E-state index contributed by atoms with van der Waals surface area (Å²) in [7, 11) is 0. The standard InChI is InChI=1S/C16H19NO2S2/c18-16(11-21-13-4-1-2-5-13)17-9-14-8-12(10-20-14)15-6-3-7-19-15/h3,6-8,10,13H,1-2,4-5,9,11H2,(H,17,18). The number of rotatable bonds is 6. The van der Waals surface area contributed by atoms with Crippen LogP contribution in [0.5, 0.6) is 0 Å². The van der Waals surface area contributed by atoms with Crippen LogP contribution in [0, 0.1) is 0 Å². The normalized spacial score (nSPS) is 15.4. The van der Waals surface area contributed by atoms with Crippen molar-refractivity contribution < 1.29 is 9.21 Å². The fourth-order valence-electron chi connectivity index (χ4n) is 2.53. The van der Waals surface area contributed by atoms with Gasteiger partial charge in [-0.1, -0.05) is 12.8 Å². The molecule has 21 heavy (non-hydrogen) atoms. The van der Waals surface area contributed by atoms with Gasteiger partial charge in [-0.15, -0.1) is 23.1 Å². The number of amides is 1. The summed E-state index contributed by atoms with van der Waals surface area (Å²) in [5.41, 5.74) is 1.08. The lowest BCUT2D eigenvalue weighted by molar-refractivity contribution is -0.118. The van der Waals surface area contributed by atoms with Crippen LogP contribution in [0.1, 0.15) is 30.6 Å². The molecule has 0 radical (unpaired) electrons. The van der Waals surface area contributed by atoms with E-state index in [4.69, 9.17) is 4.42 Å². The molecule has 5 heteroatoms. The molecule has 1 saturated carbocycles. The van der Waals surface area contributed by atoms with Gasteiger partial charge in [-0.25, -0.2) is 0 Å². The lowest BCUT2D eigenvalue weighted by Gasteiger charge is -2.08. The van der Waals surface area contributed by atoms with E-state index >= 15 is 0 Å². The molecule has 1 aliphatic carbocycles. The number of hydrogen-bond donors (Lipinski definition) is 1. The molecular formula is C16H19NO2S2. The minimum atomic E-state index is 0.139. The van der Waals surface area contributed by atoms with Gasteiger partial charge in [0.25, 0.3) is 0 Å². The number of thiophene rings is 1. The summed E-state index contributed by atoms with van der Waals surface area (Å²) < 4.78 is 5.37. The molecule has 0 aromatic carbocycles. The Bertz CT molecular complexity index is 571. The molecule has 0 unspecified atom stereocenters. The van der Waals surface area contributed by atoms with Crippen molar-refractivity contribution in [2.75, 3.05) is 5.75 Å². The van der Waals surface area contributed by atoms with Crippen molar-refractivity contribution in [2.24, 2.45) is 0 Å². The predicted octanol–water partition coefficient (Wildman–Crippen LogP) is 4.30. The van der Waals surface area contributed by atoms with E-state index in [1.165, 1.54) is 25.7 Å². The van der Waals surface area contributed by atoms with Crippen molar-refractivity contribution in [1.82, 2.24) is 5.32 Å². The molecule has 0 aliphatic heterocycles. The van der Waals surface area contributed by atoms with Crippen LogP contribution in [0.3, 0.4) is 0 Å². The van der Waals surface area contributed by atoms with Gasteiger partial charge in [0, 0.05) is 21.1 Å². The first-order valence-electron chi connectivity index (χ1n) is 7.31. The molecule has 3 nitrogen and oxygen atoms in total. The van der Waals surface area contributed by atoms with Gasteiger partial charge >= 0.3 is 0 Å². The van der Waals surface area contributed by atoms with E-state index < -0.39 is 0 Å². The number of nitrogens with one attached hydrogen (secondary N) is 1. The number of thioether (sulfide) groups is 1. The van der Waals surface area contributed by atoms with Crippen LogP contribution < -0.4 is 5.32 Å². The maximum atomic E-state index is 11.9. The molecule has 0 atom stereocenters. The minimum Gasteiger partial charge on any atom is -0.464 e. The lowest BCUT2D eigenvalue weighted by Crippen LogP contribution is -2.24. The van der Waals surface area contributed by atoms with Crippen LogP contribution in [0.25, 0.3) is 11.3 Å². The first-order chi connectivity index (χ1) is 10.3. The number of hydrogen-bond acceptors (Lipinski definition) is 4. The van der Waals surface area contributed by atoms with E-state index in [2.05, 4.69) is 16.8 Å². The third kappa shape index (κ3) is 4.14. The maximum absolute atomic E-state index is 11.9. The average Bonchev–Trinajstić information content (AvgIpc) is 3.24.